The van der Waals surface area contributed by atoms with Gasteiger partial charge in [-0.05, 0) is 13.0 Å². The van der Waals surface area contributed by atoms with Gasteiger partial charge in [0, 0.05) is 11.8 Å². The first-order valence-corrected chi connectivity index (χ1v) is 5.44. The van der Waals surface area contributed by atoms with Crippen molar-refractivity contribution in [1.29, 1.82) is 5.26 Å². The molecule has 1 aliphatic rings. The number of nitrogens with zero attached hydrogens (tertiary/aromatic N) is 3. The molecule has 0 N–H and O–H groups in total. The number of hydrogen-bond acceptors (Lipinski definition) is 4. The van der Waals surface area contributed by atoms with Gasteiger partial charge in [-0.3, -0.25) is 0 Å². The van der Waals surface area contributed by atoms with E-state index in [1.807, 2.05) is 19.1 Å². The highest BCUT2D eigenvalue weighted by molar-refractivity contribution is 6.34. The second-order valence-corrected chi connectivity index (χ2v) is 4.14. The molecular weight excluding hydrogens is 242 g/mol. The van der Waals surface area contributed by atoms with E-state index in [1.54, 1.807) is 10.7 Å². The van der Waals surface area contributed by atoms with Crippen LogP contribution in [0.3, 0.4) is 0 Å². The monoisotopic (exact) mass is 249 g/mol. The predicted octanol–water partition coefficient (Wildman–Crippen LogP) is 2.25. The molecule has 3 rings (SSSR count). The van der Waals surface area contributed by atoms with E-state index in [-0.39, 0.29) is 12.6 Å². The van der Waals surface area contributed by atoms with Crippen molar-refractivity contribution >= 4 is 17.1 Å². The largest absolute Gasteiger partial charge is 0.319 e. The standard InChI is InChI=1S/C11H8ClN3O2/c1-6-16-11(17-6)7-2-9-10(12)8(3-13)4-14-15(9)5-7/h2,4-6,11H,1H3. The summed E-state index contributed by atoms with van der Waals surface area (Å²) in [5, 5.41) is 13.3. The van der Waals surface area contributed by atoms with Gasteiger partial charge >= 0.3 is 0 Å². The van der Waals surface area contributed by atoms with E-state index < -0.39 is 0 Å². The van der Waals surface area contributed by atoms with Crippen molar-refractivity contribution in [3.05, 3.63) is 34.6 Å². The molecule has 0 bridgehead atoms. The molecule has 2 aromatic heterocycles. The van der Waals surface area contributed by atoms with Crippen LogP contribution in [0.4, 0.5) is 0 Å². The minimum absolute atomic E-state index is 0.180. The molecule has 2 aromatic rings. The first kappa shape index (κ1) is 10.5. The minimum atomic E-state index is -0.367. The van der Waals surface area contributed by atoms with E-state index in [4.69, 9.17) is 26.3 Å². The maximum atomic E-state index is 8.85. The fourth-order valence-electron chi connectivity index (χ4n) is 1.77. The summed E-state index contributed by atoms with van der Waals surface area (Å²) >= 11 is 6.08. The zero-order chi connectivity index (χ0) is 12.0. The van der Waals surface area contributed by atoms with Crippen molar-refractivity contribution in [2.24, 2.45) is 0 Å². The lowest BCUT2D eigenvalue weighted by atomic mass is 10.2. The highest BCUT2D eigenvalue weighted by Gasteiger charge is 2.29. The summed E-state index contributed by atoms with van der Waals surface area (Å²) in [7, 11) is 0. The average Bonchev–Trinajstić information content (AvgIpc) is 2.70. The van der Waals surface area contributed by atoms with Gasteiger partial charge in [-0.2, -0.15) is 10.4 Å². The van der Waals surface area contributed by atoms with E-state index in [2.05, 4.69) is 5.10 Å². The van der Waals surface area contributed by atoms with Gasteiger partial charge in [0.25, 0.3) is 0 Å². The quantitative estimate of drug-likeness (QED) is 0.778. The molecule has 5 nitrogen and oxygen atoms in total. The molecule has 0 spiro atoms. The predicted molar refractivity (Wildman–Crippen MR) is 59.3 cm³/mol. The van der Waals surface area contributed by atoms with Crippen molar-refractivity contribution in [3.63, 3.8) is 0 Å². The summed E-state index contributed by atoms with van der Waals surface area (Å²) in [5.41, 5.74) is 1.87. The van der Waals surface area contributed by atoms with E-state index in [9.17, 15) is 0 Å². The fraction of sp³-hybridized carbons (Fsp3) is 0.273. The summed E-state index contributed by atoms with van der Waals surface area (Å²) in [6, 6.07) is 3.80. The van der Waals surface area contributed by atoms with Gasteiger partial charge in [0.2, 0.25) is 0 Å². The van der Waals surface area contributed by atoms with Crippen LogP contribution in [-0.2, 0) is 9.47 Å². The highest BCUT2D eigenvalue weighted by Crippen LogP contribution is 2.33. The van der Waals surface area contributed by atoms with E-state index in [0.29, 0.717) is 16.1 Å². The molecule has 0 amide bonds. The van der Waals surface area contributed by atoms with Crippen LogP contribution < -0.4 is 0 Å². The molecule has 0 atom stereocenters. The average molecular weight is 250 g/mol. The number of aromatic nitrogens is 2. The van der Waals surface area contributed by atoms with E-state index in [0.717, 1.165) is 5.56 Å². The molecule has 0 saturated carbocycles. The molecule has 86 valence electrons. The molecule has 6 heteroatoms. The molecule has 1 fully saturated rings. The van der Waals surface area contributed by atoms with Gasteiger partial charge in [0.15, 0.2) is 12.6 Å². The molecule has 0 unspecified atom stereocenters. The Labute approximate surface area is 102 Å². The molecule has 3 heterocycles. The summed E-state index contributed by atoms with van der Waals surface area (Å²) in [6.07, 6.45) is 2.66. The van der Waals surface area contributed by atoms with Crippen molar-refractivity contribution < 1.29 is 9.47 Å². The van der Waals surface area contributed by atoms with Crippen molar-refractivity contribution in [3.8, 4) is 6.07 Å². The van der Waals surface area contributed by atoms with Gasteiger partial charge < -0.3 is 9.47 Å². The SMILES string of the molecule is CC1OC(c2cc3c(Cl)c(C#N)cnn3c2)O1. The Hall–Kier alpha value is -1.61. The second kappa shape index (κ2) is 3.70. The Kier molecular flexibility index (Phi) is 2.30. The molecule has 17 heavy (non-hydrogen) atoms. The van der Waals surface area contributed by atoms with Crippen LogP contribution in [0.25, 0.3) is 5.52 Å². The zero-order valence-corrected chi connectivity index (χ0v) is 9.68. The van der Waals surface area contributed by atoms with Crippen LogP contribution in [-0.4, -0.2) is 15.9 Å². The number of ether oxygens (including phenoxy) is 2. The van der Waals surface area contributed by atoms with Crippen LogP contribution in [0.15, 0.2) is 18.5 Å². The van der Waals surface area contributed by atoms with Gasteiger partial charge in [-0.1, -0.05) is 11.6 Å². The Balaban J connectivity index is 2.07. The molecule has 1 saturated heterocycles. The topological polar surface area (TPSA) is 59.5 Å². The maximum absolute atomic E-state index is 8.85. The molecule has 0 aromatic carbocycles. The van der Waals surface area contributed by atoms with Crippen LogP contribution in [0.5, 0.6) is 0 Å². The zero-order valence-electron chi connectivity index (χ0n) is 8.92. The van der Waals surface area contributed by atoms with Crippen LogP contribution in [0.1, 0.15) is 24.3 Å². The molecule has 1 aliphatic heterocycles. The van der Waals surface area contributed by atoms with Crippen molar-refractivity contribution in [2.75, 3.05) is 0 Å². The van der Waals surface area contributed by atoms with Gasteiger partial charge in [0.1, 0.15) is 6.07 Å². The lowest BCUT2D eigenvalue weighted by Crippen LogP contribution is -2.31. The van der Waals surface area contributed by atoms with E-state index in [1.165, 1.54) is 6.20 Å². The third kappa shape index (κ3) is 1.58. The van der Waals surface area contributed by atoms with Crippen LogP contribution >= 0.6 is 11.6 Å². The Morgan fingerprint density at radius 3 is 2.94 bits per heavy atom. The third-order valence-electron chi connectivity index (χ3n) is 2.62. The second-order valence-electron chi connectivity index (χ2n) is 3.76. The number of hydrogen-bond donors (Lipinski definition) is 0. The number of nitriles is 1. The van der Waals surface area contributed by atoms with Crippen molar-refractivity contribution in [1.82, 2.24) is 9.61 Å². The molecule has 0 radical (unpaired) electrons. The number of rotatable bonds is 1. The van der Waals surface area contributed by atoms with Crippen LogP contribution in [0.2, 0.25) is 5.02 Å². The number of fused-ring (bicyclic) bond motifs is 1. The summed E-state index contributed by atoms with van der Waals surface area (Å²) in [5.74, 6) is 0. The van der Waals surface area contributed by atoms with Crippen molar-refractivity contribution in [2.45, 2.75) is 19.5 Å². The molecule has 0 aliphatic carbocycles. The first-order chi connectivity index (χ1) is 8.19. The van der Waals surface area contributed by atoms with Crippen LogP contribution in [0, 0.1) is 11.3 Å². The third-order valence-corrected chi connectivity index (χ3v) is 3.01. The van der Waals surface area contributed by atoms with E-state index >= 15 is 0 Å². The highest BCUT2D eigenvalue weighted by atomic mass is 35.5. The van der Waals surface area contributed by atoms with Gasteiger partial charge in [-0.25, -0.2) is 4.52 Å². The van der Waals surface area contributed by atoms with Gasteiger partial charge in [-0.15, -0.1) is 0 Å². The minimum Gasteiger partial charge on any atom is -0.319 e. The normalized spacial score (nSPS) is 23.4. The lowest BCUT2D eigenvalue weighted by Gasteiger charge is -2.33. The fourth-order valence-corrected chi connectivity index (χ4v) is 2.00. The Morgan fingerprint density at radius 1 is 1.53 bits per heavy atom. The summed E-state index contributed by atoms with van der Waals surface area (Å²) < 4.78 is 12.4. The Bertz CT molecular complexity index is 625. The first-order valence-electron chi connectivity index (χ1n) is 5.07. The van der Waals surface area contributed by atoms with Gasteiger partial charge in [0.05, 0.1) is 22.3 Å². The summed E-state index contributed by atoms with van der Waals surface area (Å²) in [4.78, 5) is 0. The smallest absolute Gasteiger partial charge is 0.191 e. The maximum Gasteiger partial charge on any atom is 0.191 e. The summed E-state index contributed by atoms with van der Waals surface area (Å²) in [6.45, 7) is 1.82. The Morgan fingerprint density at radius 2 is 2.29 bits per heavy atom. The number of halogens is 1. The lowest BCUT2D eigenvalue weighted by molar-refractivity contribution is -0.382. The molecular formula is C11H8ClN3O2.